The number of aliphatic carboxylic acids is 1. The molecule has 20 heavy (non-hydrogen) atoms. The highest BCUT2D eigenvalue weighted by atomic mass is 79.9. The molecule has 2 unspecified atom stereocenters. The molecule has 2 rings (SSSR count). The van der Waals surface area contributed by atoms with Gasteiger partial charge in [0.05, 0.1) is 15.5 Å². The lowest BCUT2D eigenvalue weighted by Gasteiger charge is -2.14. The largest absolute Gasteiger partial charge is 0.479 e. The van der Waals surface area contributed by atoms with E-state index in [1.165, 1.54) is 6.20 Å². The lowest BCUT2D eigenvalue weighted by molar-refractivity contribution is -0.384. The first-order chi connectivity index (χ1) is 9.49. The Morgan fingerprint density at radius 2 is 2.35 bits per heavy atom. The van der Waals surface area contributed by atoms with Crippen LogP contribution in [0.25, 0.3) is 0 Å². The zero-order chi connectivity index (χ0) is 14.7. The van der Waals surface area contributed by atoms with Gasteiger partial charge in [-0.2, -0.15) is 0 Å². The van der Waals surface area contributed by atoms with Crippen LogP contribution in [0.15, 0.2) is 16.9 Å². The Labute approximate surface area is 122 Å². The van der Waals surface area contributed by atoms with E-state index < -0.39 is 17.0 Å². The van der Waals surface area contributed by atoms with Crippen molar-refractivity contribution in [2.24, 2.45) is 0 Å². The molecule has 1 saturated heterocycles. The summed E-state index contributed by atoms with van der Waals surface area (Å²) in [7, 11) is 0. The second-order valence-electron chi connectivity index (χ2n) is 4.32. The van der Waals surface area contributed by atoms with Crippen molar-refractivity contribution >= 4 is 33.3 Å². The molecule has 9 heteroatoms. The summed E-state index contributed by atoms with van der Waals surface area (Å²) >= 11 is 3.20. The van der Waals surface area contributed by atoms with Crippen molar-refractivity contribution in [1.29, 1.82) is 0 Å². The van der Waals surface area contributed by atoms with Crippen LogP contribution in [0.1, 0.15) is 12.8 Å². The van der Waals surface area contributed by atoms with Gasteiger partial charge in [-0.3, -0.25) is 15.1 Å². The van der Waals surface area contributed by atoms with Crippen LogP contribution in [0, 0.1) is 10.1 Å². The molecule has 108 valence electrons. The zero-order valence-electron chi connectivity index (χ0n) is 10.3. The fraction of sp³-hybridized carbons (Fsp3) is 0.455. The maximum Gasteiger partial charge on any atom is 0.332 e. The minimum Gasteiger partial charge on any atom is -0.479 e. The van der Waals surface area contributed by atoms with Crippen LogP contribution in [0.3, 0.4) is 0 Å². The molecule has 1 aromatic rings. The quantitative estimate of drug-likeness (QED) is 0.617. The van der Waals surface area contributed by atoms with Gasteiger partial charge in [0.2, 0.25) is 0 Å². The van der Waals surface area contributed by atoms with Crippen LogP contribution in [0.4, 0.5) is 11.4 Å². The summed E-state index contributed by atoms with van der Waals surface area (Å²) in [6.45, 7) is 0.299. The van der Waals surface area contributed by atoms with E-state index in [0.717, 1.165) is 6.20 Å². The lowest BCUT2D eigenvalue weighted by Crippen LogP contribution is -2.24. The monoisotopic (exact) mass is 345 g/mol. The third kappa shape index (κ3) is 3.23. The summed E-state index contributed by atoms with van der Waals surface area (Å²) in [5, 5.41) is 22.7. The van der Waals surface area contributed by atoms with E-state index in [-0.39, 0.29) is 11.8 Å². The van der Waals surface area contributed by atoms with E-state index in [0.29, 0.717) is 29.5 Å². The first-order valence-electron chi connectivity index (χ1n) is 5.89. The van der Waals surface area contributed by atoms with Crippen LogP contribution in [0.5, 0.6) is 0 Å². The van der Waals surface area contributed by atoms with Crippen LogP contribution in [-0.4, -0.2) is 39.7 Å². The maximum atomic E-state index is 10.9. The van der Waals surface area contributed by atoms with Crippen molar-refractivity contribution in [3.05, 3.63) is 27.0 Å². The fourth-order valence-corrected chi connectivity index (χ4v) is 2.45. The number of rotatable bonds is 5. The molecule has 0 radical (unpaired) electrons. The number of halogens is 1. The average molecular weight is 346 g/mol. The van der Waals surface area contributed by atoms with Gasteiger partial charge >= 0.3 is 11.7 Å². The summed E-state index contributed by atoms with van der Waals surface area (Å²) in [5.74, 6) is -0.983. The molecule has 2 N–H and O–H groups in total. The number of hydrogen-bond acceptors (Lipinski definition) is 6. The van der Waals surface area contributed by atoms with Crippen molar-refractivity contribution in [3.8, 4) is 0 Å². The molecule has 1 aliphatic heterocycles. The minimum atomic E-state index is -0.983. The number of carbonyl (C=O) groups is 1. The topological polar surface area (TPSA) is 115 Å². The van der Waals surface area contributed by atoms with Crippen LogP contribution in [-0.2, 0) is 9.53 Å². The Balaban J connectivity index is 2.01. The maximum absolute atomic E-state index is 10.9. The van der Waals surface area contributed by atoms with Gasteiger partial charge in [0.1, 0.15) is 11.9 Å². The van der Waals surface area contributed by atoms with Gasteiger partial charge in [-0.25, -0.2) is 4.79 Å². The SMILES string of the molecule is O=C(O)C1CCC(CNc2c(Br)cncc2[N+](=O)[O-])O1. The third-order valence-electron chi connectivity index (χ3n) is 2.97. The molecule has 0 aromatic carbocycles. The van der Waals surface area contributed by atoms with E-state index in [1.54, 1.807) is 0 Å². The number of carboxylic acids is 1. The molecule has 0 spiro atoms. The summed E-state index contributed by atoms with van der Waals surface area (Å²) < 4.78 is 5.79. The molecule has 0 aliphatic carbocycles. The van der Waals surface area contributed by atoms with E-state index in [9.17, 15) is 14.9 Å². The molecule has 2 heterocycles. The van der Waals surface area contributed by atoms with Crippen molar-refractivity contribution in [2.75, 3.05) is 11.9 Å². The Hall–Kier alpha value is -1.74. The number of nitro groups is 1. The van der Waals surface area contributed by atoms with Gasteiger partial charge < -0.3 is 15.2 Å². The molecule has 0 saturated carbocycles. The number of pyridine rings is 1. The van der Waals surface area contributed by atoms with Crippen molar-refractivity contribution in [2.45, 2.75) is 25.0 Å². The van der Waals surface area contributed by atoms with Crippen LogP contribution >= 0.6 is 15.9 Å². The Kier molecular flexibility index (Phi) is 4.50. The molecule has 2 atom stereocenters. The summed E-state index contributed by atoms with van der Waals surface area (Å²) in [6, 6.07) is 0. The summed E-state index contributed by atoms with van der Waals surface area (Å²) in [6.07, 6.45) is 2.57. The van der Waals surface area contributed by atoms with Gasteiger partial charge in [0, 0.05) is 12.7 Å². The highest BCUT2D eigenvalue weighted by Crippen LogP contribution is 2.31. The molecular weight excluding hydrogens is 334 g/mol. The second-order valence-corrected chi connectivity index (χ2v) is 5.17. The predicted molar refractivity (Wildman–Crippen MR) is 72.6 cm³/mol. The number of carboxylic acid groups (broad SMARTS) is 1. The third-order valence-corrected chi connectivity index (χ3v) is 3.57. The number of ether oxygens (including phenoxy) is 1. The van der Waals surface area contributed by atoms with Crippen LogP contribution < -0.4 is 5.32 Å². The van der Waals surface area contributed by atoms with E-state index >= 15 is 0 Å². The molecule has 1 fully saturated rings. The van der Waals surface area contributed by atoms with E-state index in [2.05, 4.69) is 26.2 Å². The van der Waals surface area contributed by atoms with Crippen molar-refractivity contribution < 1.29 is 19.6 Å². The highest BCUT2D eigenvalue weighted by molar-refractivity contribution is 9.10. The van der Waals surface area contributed by atoms with Crippen LogP contribution in [0.2, 0.25) is 0 Å². The van der Waals surface area contributed by atoms with Gasteiger partial charge in [0.15, 0.2) is 6.10 Å². The summed E-state index contributed by atoms with van der Waals surface area (Å²) in [4.78, 5) is 24.9. The predicted octanol–water partition coefficient (Wildman–Crippen LogP) is 1.80. The number of hydrogen-bond donors (Lipinski definition) is 2. The van der Waals surface area contributed by atoms with Crippen molar-refractivity contribution in [1.82, 2.24) is 4.98 Å². The number of nitrogens with one attached hydrogen (secondary N) is 1. The van der Waals surface area contributed by atoms with Gasteiger partial charge in [-0.05, 0) is 28.8 Å². The Morgan fingerprint density at radius 3 is 2.95 bits per heavy atom. The van der Waals surface area contributed by atoms with Crippen molar-refractivity contribution in [3.63, 3.8) is 0 Å². The second kappa shape index (κ2) is 6.14. The van der Waals surface area contributed by atoms with Gasteiger partial charge in [-0.15, -0.1) is 0 Å². The molecule has 0 bridgehead atoms. The number of nitrogens with zero attached hydrogens (tertiary/aromatic N) is 2. The molecule has 8 nitrogen and oxygen atoms in total. The number of aromatic nitrogens is 1. The smallest absolute Gasteiger partial charge is 0.332 e. The Morgan fingerprint density at radius 1 is 1.60 bits per heavy atom. The minimum absolute atomic E-state index is 0.146. The number of anilines is 1. The first kappa shape index (κ1) is 14.7. The average Bonchev–Trinajstić information content (AvgIpc) is 2.86. The normalized spacial score (nSPS) is 21.6. The zero-order valence-corrected chi connectivity index (χ0v) is 11.9. The molecule has 1 aliphatic rings. The van der Waals surface area contributed by atoms with Gasteiger partial charge in [0.25, 0.3) is 0 Å². The van der Waals surface area contributed by atoms with Gasteiger partial charge in [-0.1, -0.05) is 0 Å². The molecular formula is C11H12BrN3O5. The first-order valence-corrected chi connectivity index (χ1v) is 6.68. The molecule has 1 aromatic heterocycles. The van der Waals surface area contributed by atoms with E-state index in [1.807, 2.05) is 0 Å². The lowest BCUT2D eigenvalue weighted by atomic mass is 10.2. The fourth-order valence-electron chi connectivity index (χ4n) is 1.99. The highest BCUT2D eigenvalue weighted by Gasteiger charge is 2.30. The van der Waals surface area contributed by atoms with E-state index in [4.69, 9.17) is 9.84 Å². The Bertz CT molecular complexity index is 539. The summed E-state index contributed by atoms with van der Waals surface area (Å²) in [5.41, 5.74) is 0.166. The molecule has 0 amide bonds. The standard InChI is InChI=1S/C11H12BrN3O5/c12-7-4-13-5-8(15(18)19)10(7)14-3-6-1-2-9(20-6)11(16)17/h4-6,9H,1-3H2,(H,13,14)(H,16,17).